The average molecular weight is 475 g/mol. The summed E-state index contributed by atoms with van der Waals surface area (Å²) in [6.07, 6.45) is 0.0530. The largest absolute Gasteiger partial charge is 0.497 e. The van der Waals surface area contributed by atoms with Crippen LogP contribution in [0.15, 0.2) is 40.9 Å². The van der Waals surface area contributed by atoms with Gasteiger partial charge in [0.1, 0.15) is 5.75 Å². The molecule has 30 heavy (non-hydrogen) atoms. The van der Waals surface area contributed by atoms with Crippen molar-refractivity contribution in [3.63, 3.8) is 0 Å². The normalized spacial score (nSPS) is 15.8. The number of methoxy groups -OCH3 is 1. The van der Waals surface area contributed by atoms with E-state index < -0.39 is 24.4 Å². The van der Waals surface area contributed by atoms with Crippen LogP contribution in [0.1, 0.15) is 17.5 Å². The molecular formula is C22H23BrN2O5. The van der Waals surface area contributed by atoms with Crippen LogP contribution in [-0.2, 0) is 19.1 Å². The summed E-state index contributed by atoms with van der Waals surface area (Å²) in [6.45, 7) is 3.59. The number of nitrogens with one attached hydrogen (secondary N) is 1. The van der Waals surface area contributed by atoms with Crippen LogP contribution in [0.2, 0.25) is 0 Å². The lowest BCUT2D eigenvalue weighted by Gasteiger charge is -2.17. The van der Waals surface area contributed by atoms with E-state index in [4.69, 9.17) is 9.47 Å². The number of hydrogen-bond donors (Lipinski definition) is 1. The van der Waals surface area contributed by atoms with E-state index in [0.29, 0.717) is 17.1 Å². The number of anilines is 2. The summed E-state index contributed by atoms with van der Waals surface area (Å²) in [6, 6.07) is 10.8. The number of benzene rings is 2. The van der Waals surface area contributed by atoms with Gasteiger partial charge in [0.25, 0.3) is 5.91 Å². The third kappa shape index (κ3) is 4.99. The Labute approximate surface area is 183 Å². The lowest BCUT2D eigenvalue weighted by molar-refractivity contribution is -0.151. The van der Waals surface area contributed by atoms with Gasteiger partial charge in [-0.25, -0.2) is 0 Å². The number of aryl methyl sites for hydroxylation is 2. The smallest absolute Gasteiger partial charge is 0.311 e. The molecular weight excluding hydrogens is 452 g/mol. The zero-order chi connectivity index (χ0) is 21.8. The van der Waals surface area contributed by atoms with Crippen LogP contribution in [0.25, 0.3) is 0 Å². The van der Waals surface area contributed by atoms with Crippen LogP contribution in [0.4, 0.5) is 11.4 Å². The summed E-state index contributed by atoms with van der Waals surface area (Å²) in [7, 11) is 1.57. The van der Waals surface area contributed by atoms with Crippen molar-refractivity contribution in [1.82, 2.24) is 0 Å². The standard InChI is InChI=1S/C22H23BrN2O5/c1-13-8-16(23)9-14(2)21(13)24-19(26)12-30-22(28)15-10-20(27)25(11-15)17-4-6-18(29-3)7-5-17/h4-9,15H,10-12H2,1-3H3,(H,24,26)/t15-/m0/s1. The summed E-state index contributed by atoms with van der Waals surface area (Å²) in [5.41, 5.74) is 3.19. The number of ether oxygens (including phenoxy) is 2. The van der Waals surface area contributed by atoms with Crippen LogP contribution in [0.5, 0.6) is 5.75 Å². The molecule has 1 aliphatic heterocycles. The highest BCUT2D eigenvalue weighted by Crippen LogP contribution is 2.28. The van der Waals surface area contributed by atoms with Gasteiger partial charge in [0.2, 0.25) is 5.91 Å². The minimum atomic E-state index is -0.608. The maximum absolute atomic E-state index is 12.4. The Morgan fingerprint density at radius 2 is 1.80 bits per heavy atom. The van der Waals surface area contributed by atoms with Crippen molar-refractivity contribution in [2.45, 2.75) is 20.3 Å². The Kier molecular flexibility index (Phi) is 6.77. The van der Waals surface area contributed by atoms with Crippen molar-refractivity contribution >= 4 is 45.1 Å². The number of halogens is 1. The quantitative estimate of drug-likeness (QED) is 0.646. The van der Waals surface area contributed by atoms with Crippen molar-refractivity contribution in [2.24, 2.45) is 5.92 Å². The molecule has 1 atom stereocenters. The van der Waals surface area contributed by atoms with Gasteiger partial charge in [0.05, 0.1) is 13.0 Å². The number of esters is 1. The predicted molar refractivity (Wildman–Crippen MR) is 117 cm³/mol. The Hall–Kier alpha value is -2.87. The van der Waals surface area contributed by atoms with Crippen molar-refractivity contribution < 1.29 is 23.9 Å². The molecule has 8 heteroatoms. The Balaban J connectivity index is 1.55. The van der Waals surface area contributed by atoms with Crippen molar-refractivity contribution in [2.75, 3.05) is 30.5 Å². The molecule has 0 aliphatic carbocycles. The Bertz CT molecular complexity index is 951. The summed E-state index contributed by atoms with van der Waals surface area (Å²) >= 11 is 3.41. The predicted octanol–water partition coefficient (Wildman–Crippen LogP) is 3.61. The van der Waals surface area contributed by atoms with Gasteiger partial charge < -0.3 is 19.7 Å². The molecule has 2 amide bonds. The van der Waals surface area contributed by atoms with E-state index in [9.17, 15) is 14.4 Å². The van der Waals surface area contributed by atoms with Gasteiger partial charge in [-0.3, -0.25) is 14.4 Å². The second-order valence-corrected chi connectivity index (χ2v) is 8.09. The summed E-state index contributed by atoms with van der Waals surface area (Å²) < 4.78 is 11.2. The SMILES string of the molecule is COc1ccc(N2C[C@@H](C(=O)OCC(=O)Nc3c(C)cc(Br)cc3C)CC2=O)cc1. The van der Waals surface area contributed by atoms with E-state index in [2.05, 4.69) is 21.2 Å². The molecule has 0 aromatic heterocycles. The maximum atomic E-state index is 12.4. The van der Waals surface area contributed by atoms with Crippen molar-refractivity contribution in [3.8, 4) is 5.75 Å². The lowest BCUT2D eigenvalue weighted by atomic mass is 10.1. The molecule has 1 N–H and O–H groups in total. The van der Waals surface area contributed by atoms with Crippen molar-refractivity contribution in [3.05, 3.63) is 52.0 Å². The first kappa shape index (κ1) is 21.8. The highest BCUT2D eigenvalue weighted by Gasteiger charge is 2.36. The molecule has 2 aromatic carbocycles. The molecule has 1 fully saturated rings. The van der Waals surface area contributed by atoms with E-state index in [1.54, 1.807) is 36.3 Å². The fourth-order valence-corrected chi connectivity index (χ4v) is 4.10. The van der Waals surface area contributed by atoms with Gasteiger partial charge in [-0.15, -0.1) is 0 Å². The Morgan fingerprint density at radius 1 is 1.17 bits per heavy atom. The number of carbonyl (C=O) groups excluding carboxylic acids is 3. The third-order valence-electron chi connectivity index (χ3n) is 4.95. The number of hydrogen-bond acceptors (Lipinski definition) is 5. The van der Waals surface area contributed by atoms with Crippen LogP contribution in [0.3, 0.4) is 0 Å². The monoisotopic (exact) mass is 474 g/mol. The molecule has 1 saturated heterocycles. The van der Waals surface area contributed by atoms with Gasteiger partial charge >= 0.3 is 5.97 Å². The second kappa shape index (κ2) is 9.30. The lowest BCUT2D eigenvalue weighted by Crippen LogP contribution is -2.28. The molecule has 0 bridgehead atoms. The average Bonchev–Trinajstić information content (AvgIpc) is 3.10. The van der Waals surface area contributed by atoms with Crippen LogP contribution in [-0.4, -0.2) is 38.0 Å². The molecule has 158 valence electrons. The Morgan fingerprint density at radius 3 is 2.40 bits per heavy atom. The molecule has 7 nitrogen and oxygen atoms in total. The van der Waals surface area contributed by atoms with Crippen LogP contribution < -0.4 is 15.0 Å². The number of carbonyl (C=O) groups is 3. The fraction of sp³-hybridized carbons (Fsp3) is 0.318. The fourth-order valence-electron chi connectivity index (χ4n) is 3.42. The molecule has 0 spiro atoms. The third-order valence-corrected chi connectivity index (χ3v) is 5.41. The van der Waals surface area contributed by atoms with Gasteiger partial charge in [-0.2, -0.15) is 0 Å². The summed E-state index contributed by atoms with van der Waals surface area (Å²) in [5, 5.41) is 2.78. The van der Waals surface area contributed by atoms with Gasteiger partial charge in [0, 0.05) is 28.8 Å². The minimum absolute atomic E-state index is 0.0530. The highest BCUT2D eigenvalue weighted by atomic mass is 79.9. The van der Waals surface area contributed by atoms with Gasteiger partial charge in [-0.05, 0) is 61.4 Å². The van der Waals surface area contributed by atoms with Gasteiger partial charge in [-0.1, -0.05) is 15.9 Å². The second-order valence-electron chi connectivity index (χ2n) is 7.17. The summed E-state index contributed by atoms with van der Waals surface area (Å²) in [5.74, 6) is -1.06. The van der Waals surface area contributed by atoms with E-state index in [1.165, 1.54) is 0 Å². The van der Waals surface area contributed by atoms with Crippen molar-refractivity contribution in [1.29, 1.82) is 0 Å². The summed E-state index contributed by atoms with van der Waals surface area (Å²) in [4.78, 5) is 38.5. The molecule has 0 radical (unpaired) electrons. The minimum Gasteiger partial charge on any atom is -0.497 e. The molecule has 1 aliphatic rings. The highest BCUT2D eigenvalue weighted by molar-refractivity contribution is 9.10. The van der Waals surface area contributed by atoms with E-state index >= 15 is 0 Å². The molecule has 1 heterocycles. The van der Waals surface area contributed by atoms with E-state index in [0.717, 1.165) is 15.6 Å². The number of amides is 2. The first-order chi connectivity index (χ1) is 14.3. The first-order valence-corrected chi connectivity index (χ1v) is 10.3. The zero-order valence-corrected chi connectivity index (χ0v) is 18.6. The maximum Gasteiger partial charge on any atom is 0.311 e. The van der Waals surface area contributed by atoms with Gasteiger partial charge in [0.15, 0.2) is 6.61 Å². The molecule has 0 saturated carbocycles. The topological polar surface area (TPSA) is 84.9 Å². The van der Waals surface area contributed by atoms with E-state index in [1.807, 2.05) is 26.0 Å². The van der Waals surface area contributed by atoms with Crippen LogP contribution >= 0.6 is 15.9 Å². The molecule has 2 aromatic rings. The van der Waals surface area contributed by atoms with Crippen LogP contribution in [0, 0.1) is 19.8 Å². The molecule has 0 unspecified atom stereocenters. The first-order valence-electron chi connectivity index (χ1n) is 9.46. The van der Waals surface area contributed by atoms with E-state index in [-0.39, 0.29) is 18.9 Å². The number of rotatable bonds is 6. The zero-order valence-electron chi connectivity index (χ0n) is 17.0. The molecule has 3 rings (SSSR count). The number of nitrogens with zero attached hydrogens (tertiary/aromatic N) is 1.